The predicted octanol–water partition coefficient (Wildman–Crippen LogP) is 2.23. The Labute approximate surface area is 176 Å². The molecule has 0 aliphatic carbocycles. The average Bonchev–Trinajstić information content (AvgIpc) is 3.15. The minimum absolute atomic E-state index is 0.0913. The van der Waals surface area contributed by atoms with Crippen molar-refractivity contribution in [1.82, 2.24) is 25.2 Å². The maximum absolute atomic E-state index is 12.3. The molecule has 8 nitrogen and oxygen atoms in total. The molecule has 2 amide bonds. The van der Waals surface area contributed by atoms with Crippen molar-refractivity contribution < 1.29 is 27.5 Å². The minimum Gasteiger partial charge on any atom is -0.379 e. The topological polar surface area (TPSA) is 100 Å². The molecule has 2 N–H and O–H groups in total. The van der Waals surface area contributed by atoms with Crippen LogP contribution in [0.2, 0.25) is 0 Å². The van der Waals surface area contributed by atoms with Gasteiger partial charge in [-0.05, 0) is 24.8 Å². The number of nitrogens with zero attached hydrogens (tertiary/aromatic N) is 3. The molecule has 0 spiro atoms. The molecule has 1 aliphatic heterocycles. The van der Waals surface area contributed by atoms with Crippen LogP contribution >= 0.6 is 0 Å². The summed E-state index contributed by atoms with van der Waals surface area (Å²) in [6, 6.07) is 0. The van der Waals surface area contributed by atoms with Crippen LogP contribution in [0.5, 0.6) is 0 Å². The molecule has 1 fully saturated rings. The molecule has 168 valence electrons. The monoisotopic (exact) mass is 439 g/mol. The Bertz CT molecular complexity index is 959. The minimum atomic E-state index is -4.34. The number of carbonyl (C=O) groups is 2. The Kier molecular flexibility index (Phi) is 6.94. The molecule has 2 atom stereocenters. The number of rotatable bonds is 7. The van der Waals surface area contributed by atoms with E-state index in [9.17, 15) is 22.8 Å². The zero-order valence-electron chi connectivity index (χ0n) is 17.0. The number of likely N-dealkylation sites (tertiary alicyclic amines) is 1. The van der Waals surface area contributed by atoms with Crippen LogP contribution in [-0.2, 0) is 16.0 Å². The summed E-state index contributed by atoms with van der Waals surface area (Å²) in [6.07, 6.45) is -0.153. The first-order valence-corrected chi connectivity index (χ1v) is 9.84. The number of H-pyrrole nitrogens is 1. The van der Waals surface area contributed by atoms with Crippen molar-refractivity contribution in [1.29, 1.82) is 0 Å². The lowest BCUT2D eigenvalue weighted by Gasteiger charge is -2.37. The van der Waals surface area contributed by atoms with Gasteiger partial charge in [0.2, 0.25) is 5.91 Å². The molecule has 3 rings (SSSR count). The summed E-state index contributed by atoms with van der Waals surface area (Å²) < 4.78 is 42.5. The summed E-state index contributed by atoms with van der Waals surface area (Å²) in [6.45, 7) is 4.01. The lowest BCUT2D eigenvalue weighted by atomic mass is 9.89. The van der Waals surface area contributed by atoms with Gasteiger partial charge in [-0.3, -0.25) is 9.59 Å². The van der Waals surface area contributed by atoms with Crippen molar-refractivity contribution in [2.45, 2.75) is 31.5 Å². The Morgan fingerprint density at radius 1 is 1.45 bits per heavy atom. The van der Waals surface area contributed by atoms with Gasteiger partial charge in [0.1, 0.15) is 5.52 Å². The number of fused-ring (bicyclic) bond motifs is 1. The number of amides is 2. The second kappa shape index (κ2) is 9.46. The maximum Gasteiger partial charge on any atom is 0.390 e. The van der Waals surface area contributed by atoms with E-state index < -0.39 is 25.0 Å². The molecular formula is C20H24F3N5O3. The second-order valence-electron chi connectivity index (χ2n) is 7.40. The summed E-state index contributed by atoms with van der Waals surface area (Å²) in [7, 11) is 1.59. The molecule has 11 heteroatoms. The highest BCUT2D eigenvalue weighted by atomic mass is 19.4. The summed E-state index contributed by atoms with van der Waals surface area (Å²) in [5.41, 5.74) is 1.45. The van der Waals surface area contributed by atoms with Crippen LogP contribution in [0.3, 0.4) is 0 Å². The number of hydrogen-bond donors (Lipinski definition) is 2. The van der Waals surface area contributed by atoms with Gasteiger partial charge in [0.25, 0.3) is 5.91 Å². The van der Waals surface area contributed by atoms with E-state index in [0.717, 1.165) is 0 Å². The predicted molar refractivity (Wildman–Crippen MR) is 106 cm³/mol. The molecule has 1 saturated heterocycles. The fourth-order valence-corrected chi connectivity index (χ4v) is 3.68. The molecule has 1 aliphatic rings. The van der Waals surface area contributed by atoms with Crippen molar-refractivity contribution in [2.24, 2.45) is 5.92 Å². The fraction of sp³-hybridized carbons (Fsp3) is 0.500. The van der Waals surface area contributed by atoms with Gasteiger partial charge in [0.15, 0.2) is 5.65 Å². The average molecular weight is 439 g/mol. The number of halogens is 3. The standard InChI is InChI=1S/C20H24F3N5O3/c1-3-16(29)28-7-4-12(15(11-28)31-2)8-13-9-25-18-17(27-13)14(10-26-18)19(30)24-6-5-20(21,22)23/h3,9-10,12,15H,1,4-8,11H2,2H3,(H,24,30)(H,25,26)/t12-,15-/m1/s1. The molecule has 31 heavy (non-hydrogen) atoms. The van der Waals surface area contributed by atoms with Gasteiger partial charge in [-0.25, -0.2) is 9.97 Å². The Morgan fingerprint density at radius 2 is 2.23 bits per heavy atom. The van der Waals surface area contributed by atoms with Crippen LogP contribution in [0.4, 0.5) is 13.2 Å². The highest BCUT2D eigenvalue weighted by molar-refractivity contribution is 6.04. The molecule has 0 saturated carbocycles. The lowest BCUT2D eigenvalue weighted by molar-refractivity contribution is -0.133. The molecule has 2 aromatic rings. The molecular weight excluding hydrogens is 415 g/mol. The number of hydrogen-bond acceptors (Lipinski definition) is 5. The summed E-state index contributed by atoms with van der Waals surface area (Å²) in [4.78, 5) is 37.5. The number of nitrogens with one attached hydrogen (secondary N) is 2. The van der Waals surface area contributed by atoms with Crippen LogP contribution in [0.25, 0.3) is 11.2 Å². The van der Waals surface area contributed by atoms with Crippen molar-refractivity contribution in [3.8, 4) is 0 Å². The first-order valence-electron chi connectivity index (χ1n) is 9.84. The second-order valence-corrected chi connectivity index (χ2v) is 7.40. The number of aromatic nitrogens is 3. The van der Waals surface area contributed by atoms with Crippen molar-refractivity contribution >= 4 is 23.0 Å². The summed E-state index contributed by atoms with van der Waals surface area (Å²) >= 11 is 0. The summed E-state index contributed by atoms with van der Waals surface area (Å²) in [5.74, 6) is -0.697. The highest BCUT2D eigenvalue weighted by Gasteiger charge is 2.31. The van der Waals surface area contributed by atoms with E-state index in [1.54, 1.807) is 18.2 Å². The van der Waals surface area contributed by atoms with Gasteiger partial charge in [-0.1, -0.05) is 6.58 Å². The molecule has 0 aromatic carbocycles. The SMILES string of the molecule is C=CC(=O)N1CC[C@H](Cc2cnc3[nH]cc(C(=O)NCCC(F)(F)F)c3n2)[C@H](OC)C1. The highest BCUT2D eigenvalue weighted by Crippen LogP contribution is 2.25. The van der Waals surface area contributed by atoms with Gasteiger partial charge >= 0.3 is 6.18 Å². The summed E-state index contributed by atoms with van der Waals surface area (Å²) in [5, 5.41) is 2.26. The quantitative estimate of drug-likeness (QED) is 0.645. The normalized spacial score (nSPS) is 19.4. The van der Waals surface area contributed by atoms with Crippen LogP contribution < -0.4 is 5.32 Å². The van der Waals surface area contributed by atoms with Crippen molar-refractivity contribution in [2.75, 3.05) is 26.7 Å². The largest absolute Gasteiger partial charge is 0.390 e. The fourth-order valence-electron chi connectivity index (χ4n) is 3.68. The zero-order chi connectivity index (χ0) is 22.6. The van der Waals surface area contributed by atoms with E-state index >= 15 is 0 Å². The number of aromatic amines is 1. The molecule has 0 bridgehead atoms. The smallest absolute Gasteiger partial charge is 0.379 e. The van der Waals surface area contributed by atoms with E-state index in [2.05, 4.69) is 26.8 Å². The Morgan fingerprint density at radius 3 is 2.90 bits per heavy atom. The first-order chi connectivity index (χ1) is 14.7. The third-order valence-electron chi connectivity index (χ3n) is 5.33. The van der Waals surface area contributed by atoms with Crippen LogP contribution in [0, 0.1) is 5.92 Å². The first kappa shape index (κ1) is 22.7. The molecule has 2 aromatic heterocycles. The van der Waals surface area contributed by atoms with Gasteiger partial charge < -0.3 is 19.9 Å². The number of alkyl halides is 3. The van der Waals surface area contributed by atoms with Crippen LogP contribution in [0.15, 0.2) is 25.0 Å². The van der Waals surface area contributed by atoms with Gasteiger partial charge in [-0.2, -0.15) is 13.2 Å². The van der Waals surface area contributed by atoms with Gasteiger partial charge in [0, 0.05) is 32.9 Å². The van der Waals surface area contributed by atoms with E-state index in [1.165, 1.54) is 12.3 Å². The van der Waals surface area contributed by atoms with E-state index in [-0.39, 0.29) is 23.5 Å². The zero-order valence-corrected chi connectivity index (χ0v) is 17.0. The van der Waals surface area contributed by atoms with Crippen molar-refractivity contribution in [3.05, 3.63) is 36.3 Å². The van der Waals surface area contributed by atoms with Crippen LogP contribution in [-0.4, -0.2) is 70.7 Å². The third kappa shape index (κ3) is 5.60. The number of ether oxygens (including phenoxy) is 1. The molecule has 0 radical (unpaired) electrons. The van der Waals surface area contributed by atoms with E-state index in [4.69, 9.17) is 4.74 Å². The lowest BCUT2D eigenvalue weighted by Crippen LogP contribution is -2.47. The number of carbonyl (C=O) groups excluding carboxylic acids is 2. The molecule has 0 unspecified atom stereocenters. The van der Waals surface area contributed by atoms with E-state index in [1.807, 2.05) is 0 Å². The maximum atomic E-state index is 12.3. The number of methoxy groups -OCH3 is 1. The van der Waals surface area contributed by atoms with Crippen LogP contribution in [0.1, 0.15) is 28.9 Å². The number of piperidine rings is 1. The van der Waals surface area contributed by atoms with Gasteiger partial charge in [0.05, 0.1) is 30.0 Å². The van der Waals surface area contributed by atoms with Crippen molar-refractivity contribution in [3.63, 3.8) is 0 Å². The van der Waals surface area contributed by atoms with Gasteiger partial charge in [-0.15, -0.1) is 0 Å². The Balaban J connectivity index is 1.71. The third-order valence-corrected chi connectivity index (χ3v) is 5.33. The van der Waals surface area contributed by atoms with E-state index in [0.29, 0.717) is 42.8 Å². The Hall–Kier alpha value is -2.95. The molecule has 3 heterocycles.